The van der Waals surface area contributed by atoms with Crippen LogP contribution in [0.25, 0.3) is 0 Å². The van der Waals surface area contributed by atoms with Crippen LogP contribution in [0.5, 0.6) is 11.5 Å². The van der Waals surface area contributed by atoms with Crippen molar-refractivity contribution in [3.8, 4) is 11.5 Å². The average molecular weight is 499 g/mol. The van der Waals surface area contributed by atoms with E-state index in [1.165, 1.54) is 11.3 Å². The summed E-state index contributed by atoms with van der Waals surface area (Å²) in [6.07, 6.45) is 0.181. The third-order valence-corrected chi connectivity index (χ3v) is 6.98. The maximum atomic E-state index is 13.9. The molecule has 2 amide bonds. The number of hydrogen-bond donors (Lipinski definition) is 1. The lowest BCUT2D eigenvalue weighted by Crippen LogP contribution is -2.44. The molecule has 6 nitrogen and oxygen atoms in total. The fraction of sp³-hybridized carbons (Fsp3) is 0.172. The van der Waals surface area contributed by atoms with Gasteiger partial charge in [0.25, 0.3) is 0 Å². The molecule has 0 bridgehead atoms. The molecule has 0 spiro atoms. The molecule has 1 aromatic heterocycles. The van der Waals surface area contributed by atoms with Crippen molar-refractivity contribution in [2.24, 2.45) is 0 Å². The first kappa shape index (κ1) is 23.6. The Morgan fingerprint density at radius 1 is 0.944 bits per heavy atom. The van der Waals surface area contributed by atoms with Crippen molar-refractivity contribution in [2.45, 2.75) is 25.9 Å². The van der Waals surface area contributed by atoms with Crippen molar-refractivity contribution in [1.29, 1.82) is 0 Å². The van der Waals surface area contributed by atoms with Crippen molar-refractivity contribution in [3.05, 3.63) is 112 Å². The summed E-state index contributed by atoms with van der Waals surface area (Å²) < 4.78 is 11.1. The van der Waals surface area contributed by atoms with E-state index in [0.717, 1.165) is 21.6 Å². The fourth-order valence-corrected chi connectivity index (χ4v) is 4.99. The van der Waals surface area contributed by atoms with Crippen molar-refractivity contribution in [3.63, 3.8) is 0 Å². The molecule has 0 saturated heterocycles. The number of carbonyl (C=O) groups is 2. The van der Waals surface area contributed by atoms with Gasteiger partial charge in [0.1, 0.15) is 6.04 Å². The quantitative estimate of drug-likeness (QED) is 0.352. The minimum absolute atomic E-state index is 0.126. The van der Waals surface area contributed by atoms with Crippen LogP contribution in [0.3, 0.4) is 0 Å². The lowest BCUT2D eigenvalue weighted by atomic mass is 9.97. The zero-order valence-corrected chi connectivity index (χ0v) is 20.7. The van der Waals surface area contributed by atoms with Gasteiger partial charge >= 0.3 is 0 Å². The highest BCUT2D eigenvalue weighted by molar-refractivity contribution is 7.10. The molecular formula is C29H26N2O4S. The summed E-state index contributed by atoms with van der Waals surface area (Å²) in [6.45, 7) is 2.44. The number of ether oxygens (including phenoxy) is 2. The van der Waals surface area contributed by atoms with Crippen LogP contribution >= 0.6 is 11.3 Å². The van der Waals surface area contributed by atoms with Crippen molar-refractivity contribution < 1.29 is 19.1 Å². The number of amides is 2. The smallest absolute Gasteiger partial charge is 0.248 e. The molecule has 3 aromatic carbocycles. The highest BCUT2D eigenvalue weighted by Gasteiger charge is 2.34. The molecule has 2 heterocycles. The van der Waals surface area contributed by atoms with Gasteiger partial charge in [0, 0.05) is 23.2 Å². The summed E-state index contributed by atoms with van der Waals surface area (Å²) in [6, 6.07) is 25.7. The van der Waals surface area contributed by atoms with Crippen LogP contribution in [0.15, 0.2) is 90.3 Å². The van der Waals surface area contributed by atoms with E-state index in [2.05, 4.69) is 5.32 Å². The molecule has 5 rings (SSSR count). The topological polar surface area (TPSA) is 67.9 Å². The molecule has 4 aromatic rings. The van der Waals surface area contributed by atoms with Gasteiger partial charge in [-0.1, -0.05) is 60.7 Å². The molecular weight excluding hydrogens is 472 g/mol. The Hall–Kier alpha value is -4.10. The molecule has 0 unspecified atom stereocenters. The normalized spacial score (nSPS) is 12.7. The van der Waals surface area contributed by atoms with Crippen LogP contribution in [0.2, 0.25) is 0 Å². The molecule has 1 atom stereocenters. The number of hydrogen-bond acceptors (Lipinski definition) is 5. The number of thiophene rings is 1. The monoisotopic (exact) mass is 498 g/mol. The lowest BCUT2D eigenvalue weighted by molar-refractivity contribution is -0.126. The van der Waals surface area contributed by atoms with Crippen LogP contribution in [0.4, 0.5) is 5.69 Å². The second kappa shape index (κ2) is 10.7. The summed E-state index contributed by atoms with van der Waals surface area (Å²) >= 11 is 1.52. The Bertz CT molecular complexity index is 1350. The molecule has 1 aliphatic heterocycles. The third kappa shape index (κ3) is 5.11. The Balaban J connectivity index is 1.56. The molecule has 0 aliphatic carbocycles. The number of nitrogens with zero attached hydrogens (tertiary/aromatic N) is 1. The van der Waals surface area contributed by atoms with Gasteiger partial charge < -0.3 is 14.8 Å². The fourth-order valence-electron chi connectivity index (χ4n) is 4.29. The largest absolute Gasteiger partial charge is 0.454 e. The third-order valence-electron chi connectivity index (χ3n) is 6.11. The number of anilines is 1. The van der Waals surface area contributed by atoms with Crippen molar-refractivity contribution >= 4 is 28.8 Å². The summed E-state index contributed by atoms with van der Waals surface area (Å²) in [4.78, 5) is 30.3. The van der Waals surface area contributed by atoms with E-state index in [9.17, 15) is 9.59 Å². The maximum absolute atomic E-state index is 13.9. The molecule has 1 N–H and O–H groups in total. The summed E-state index contributed by atoms with van der Waals surface area (Å²) in [5.41, 5.74) is 3.24. The van der Waals surface area contributed by atoms with Gasteiger partial charge in [-0.05, 0) is 47.2 Å². The van der Waals surface area contributed by atoms with Crippen LogP contribution in [0.1, 0.15) is 27.6 Å². The molecule has 182 valence electrons. The van der Waals surface area contributed by atoms with Gasteiger partial charge in [-0.2, -0.15) is 0 Å². The predicted molar refractivity (Wildman–Crippen MR) is 140 cm³/mol. The van der Waals surface area contributed by atoms with Gasteiger partial charge in [-0.25, -0.2) is 0 Å². The first-order chi connectivity index (χ1) is 17.6. The first-order valence-electron chi connectivity index (χ1n) is 11.7. The van der Waals surface area contributed by atoms with E-state index in [1.54, 1.807) is 23.1 Å². The standard InChI is InChI=1S/C29H26N2O4S/c1-20-8-5-6-12-24(20)28(29(33)30-18-21-9-3-2-4-10-21)31(27(32)17-23-11-7-15-36-23)22-13-14-25-26(16-22)35-19-34-25/h2-16,28H,17-19H2,1H3,(H,30,33)/t28-/m0/s1. The number of benzene rings is 3. The first-order valence-corrected chi connectivity index (χ1v) is 12.6. The molecule has 1 aliphatic rings. The number of rotatable bonds is 8. The number of fused-ring (bicyclic) bond motifs is 1. The highest BCUT2D eigenvalue weighted by atomic mass is 32.1. The second-order valence-corrected chi connectivity index (χ2v) is 9.55. The van der Waals surface area contributed by atoms with E-state index in [0.29, 0.717) is 23.7 Å². The average Bonchev–Trinajstić information content (AvgIpc) is 3.58. The van der Waals surface area contributed by atoms with E-state index in [1.807, 2.05) is 79.0 Å². The van der Waals surface area contributed by atoms with Gasteiger partial charge in [-0.15, -0.1) is 11.3 Å². The second-order valence-electron chi connectivity index (χ2n) is 8.52. The lowest BCUT2D eigenvalue weighted by Gasteiger charge is -2.32. The molecule has 0 fully saturated rings. The minimum atomic E-state index is -0.872. The zero-order valence-electron chi connectivity index (χ0n) is 19.8. The Kier molecular flexibility index (Phi) is 7.00. The number of carbonyl (C=O) groups excluding carboxylic acids is 2. The van der Waals surface area contributed by atoms with Crippen molar-refractivity contribution in [2.75, 3.05) is 11.7 Å². The van der Waals surface area contributed by atoms with Gasteiger partial charge in [0.05, 0.1) is 6.42 Å². The van der Waals surface area contributed by atoms with E-state index in [4.69, 9.17) is 9.47 Å². The van der Waals surface area contributed by atoms with E-state index in [-0.39, 0.29) is 25.0 Å². The Labute approximate surface area is 214 Å². The van der Waals surface area contributed by atoms with Crippen molar-refractivity contribution in [1.82, 2.24) is 5.32 Å². The van der Waals surface area contributed by atoms with E-state index >= 15 is 0 Å². The molecule has 36 heavy (non-hydrogen) atoms. The summed E-state index contributed by atoms with van der Waals surface area (Å²) in [7, 11) is 0. The Morgan fingerprint density at radius 2 is 1.72 bits per heavy atom. The SMILES string of the molecule is Cc1ccccc1[C@@H](C(=O)NCc1ccccc1)N(C(=O)Cc1cccs1)c1ccc2c(c1)OCO2. The van der Waals surface area contributed by atoms with Crippen LogP contribution in [0, 0.1) is 6.92 Å². The van der Waals surface area contributed by atoms with Crippen LogP contribution in [-0.2, 0) is 22.6 Å². The Morgan fingerprint density at radius 3 is 2.50 bits per heavy atom. The molecule has 0 saturated carbocycles. The van der Waals surface area contributed by atoms with Crippen LogP contribution < -0.4 is 19.7 Å². The summed E-state index contributed by atoms with van der Waals surface area (Å²) in [5.74, 6) is 0.727. The molecule has 7 heteroatoms. The predicted octanol–water partition coefficient (Wildman–Crippen LogP) is 5.42. The van der Waals surface area contributed by atoms with Crippen LogP contribution in [-0.4, -0.2) is 18.6 Å². The zero-order chi connectivity index (χ0) is 24.9. The molecule has 0 radical (unpaired) electrons. The van der Waals surface area contributed by atoms with Gasteiger partial charge in [-0.3, -0.25) is 14.5 Å². The number of aryl methyl sites for hydroxylation is 1. The maximum Gasteiger partial charge on any atom is 0.248 e. The number of nitrogens with one attached hydrogen (secondary N) is 1. The summed E-state index contributed by atoms with van der Waals surface area (Å²) in [5, 5.41) is 5.00. The minimum Gasteiger partial charge on any atom is -0.454 e. The van der Waals surface area contributed by atoms with E-state index < -0.39 is 6.04 Å². The van der Waals surface area contributed by atoms with Gasteiger partial charge in [0.15, 0.2) is 11.5 Å². The van der Waals surface area contributed by atoms with Gasteiger partial charge in [0.2, 0.25) is 18.6 Å². The highest BCUT2D eigenvalue weighted by Crippen LogP contribution is 2.39.